The Morgan fingerprint density at radius 1 is 1.33 bits per heavy atom. The van der Waals surface area contributed by atoms with Gasteiger partial charge in [-0.2, -0.15) is 0 Å². The standard InChI is InChI=1S/C13H20N2O3/c1-4-18-12-7-5-11(6-8-12)15-13(16)14-10(2)9-17-3/h5-8,10H,4,9H2,1-3H3,(H2,14,15,16)/t10-/m0/s1. The van der Waals surface area contributed by atoms with Gasteiger partial charge in [-0.15, -0.1) is 0 Å². The summed E-state index contributed by atoms with van der Waals surface area (Å²) >= 11 is 0. The molecular formula is C13H20N2O3. The molecule has 0 aliphatic heterocycles. The van der Waals surface area contributed by atoms with Crippen molar-refractivity contribution in [2.45, 2.75) is 19.9 Å². The molecule has 0 aliphatic carbocycles. The van der Waals surface area contributed by atoms with Gasteiger partial charge < -0.3 is 20.1 Å². The number of ether oxygens (including phenoxy) is 2. The van der Waals surface area contributed by atoms with Gasteiger partial charge in [-0.25, -0.2) is 4.79 Å². The molecule has 1 aromatic rings. The molecule has 0 radical (unpaired) electrons. The molecule has 1 atom stereocenters. The van der Waals surface area contributed by atoms with Crippen LogP contribution >= 0.6 is 0 Å². The van der Waals surface area contributed by atoms with E-state index in [0.29, 0.717) is 13.2 Å². The average molecular weight is 252 g/mol. The van der Waals surface area contributed by atoms with Crippen LogP contribution in [0.3, 0.4) is 0 Å². The van der Waals surface area contributed by atoms with Crippen LogP contribution in [0.15, 0.2) is 24.3 Å². The molecule has 0 aliphatic rings. The molecule has 0 bridgehead atoms. The summed E-state index contributed by atoms with van der Waals surface area (Å²) < 4.78 is 10.3. The fraction of sp³-hybridized carbons (Fsp3) is 0.462. The molecule has 100 valence electrons. The summed E-state index contributed by atoms with van der Waals surface area (Å²) in [7, 11) is 1.60. The maximum absolute atomic E-state index is 11.6. The van der Waals surface area contributed by atoms with Gasteiger partial charge in [0, 0.05) is 12.8 Å². The summed E-state index contributed by atoms with van der Waals surface area (Å²) in [5.41, 5.74) is 0.723. The van der Waals surface area contributed by atoms with E-state index >= 15 is 0 Å². The number of urea groups is 1. The van der Waals surface area contributed by atoms with Crippen molar-refractivity contribution in [3.63, 3.8) is 0 Å². The van der Waals surface area contributed by atoms with Crippen LogP contribution in [0.25, 0.3) is 0 Å². The van der Waals surface area contributed by atoms with Crippen molar-refractivity contribution in [3.05, 3.63) is 24.3 Å². The van der Waals surface area contributed by atoms with Crippen LogP contribution in [0.5, 0.6) is 5.75 Å². The maximum Gasteiger partial charge on any atom is 0.319 e. The summed E-state index contributed by atoms with van der Waals surface area (Å²) in [4.78, 5) is 11.6. The summed E-state index contributed by atoms with van der Waals surface area (Å²) in [5, 5.41) is 5.50. The fourth-order valence-electron chi connectivity index (χ4n) is 1.48. The molecule has 0 aromatic heterocycles. The maximum atomic E-state index is 11.6. The topological polar surface area (TPSA) is 59.6 Å². The van der Waals surface area contributed by atoms with Crippen molar-refractivity contribution in [3.8, 4) is 5.75 Å². The molecule has 0 saturated carbocycles. The zero-order chi connectivity index (χ0) is 13.4. The lowest BCUT2D eigenvalue weighted by atomic mass is 10.3. The monoisotopic (exact) mass is 252 g/mol. The second kappa shape index (κ2) is 7.55. The van der Waals surface area contributed by atoms with E-state index in [1.807, 2.05) is 26.0 Å². The molecular weight excluding hydrogens is 232 g/mol. The zero-order valence-electron chi connectivity index (χ0n) is 11.0. The Morgan fingerprint density at radius 3 is 2.56 bits per heavy atom. The van der Waals surface area contributed by atoms with Crippen molar-refractivity contribution in [2.24, 2.45) is 0 Å². The number of amides is 2. The van der Waals surface area contributed by atoms with E-state index in [-0.39, 0.29) is 12.1 Å². The van der Waals surface area contributed by atoms with Gasteiger partial charge in [-0.1, -0.05) is 0 Å². The van der Waals surface area contributed by atoms with E-state index in [1.165, 1.54) is 0 Å². The van der Waals surface area contributed by atoms with Crippen LogP contribution in [0.4, 0.5) is 10.5 Å². The number of carbonyl (C=O) groups is 1. The molecule has 1 aromatic carbocycles. The number of hydrogen-bond acceptors (Lipinski definition) is 3. The first-order chi connectivity index (χ1) is 8.65. The lowest BCUT2D eigenvalue weighted by molar-refractivity contribution is 0.173. The van der Waals surface area contributed by atoms with Crippen LogP contribution in [0.2, 0.25) is 0 Å². The van der Waals surface area contributed by atoms with Crippen LogP contribution < -0.4 is 15.4 Å². The molecule has 0 spiro atoms. The number of nitrogens with one attached hydrogen (secondary N) is 2. The molecule has 1 rings (SSSR count). The largest absolute Gasteiger partial charge is 0.494 e. The van der Waals surface area contributed by atoms with E-state index < -0.39 is 0 Å². The van der Waals surface area contributed by atoms with Crippen LogP contribution in [0, 0.1) is 0 Å². The van der Waals surface area contributed by atoms with Crippen molar-refractivity contribution in [2.75, 3.05) is 25.6 Å². The number of rotatable bonds is 6. The van der Waals surface area contributed by atoms with Crippen LogP contribution in [-0.4, -0.2) is 32.4 Å². The molecule has 0 fully saturated rings. The SMILES string of the molecule is CCOc1ccc(NC(=O)N[C@@H](C)COC)cc1. The highest BCUT2D eigenvalue weighted by atomic mass is 16.5. The van der Waals surface area contributed by atoms with Gasteiger partial charge in [0.1, 0.15) is 5.75 Å². The normalized spacial score (nSPS) is 11.7. The summed E-state index contributed by atoms with van der Waals surface area (Å²) in [6, 6.07) is 6.95. The minimum absolute atomic E-state index is 0.0299. The van der Waals surface area contributed by atoms with Crippen molar-refractivity contribution in [1.29, 1.82) is 0 Å². The lowest BCUT2D eigenvalue weighted by Crippen LogP contribution is -2.38. The predicted octanol–water partition coefficient (Wildman–Crippen LogP) is 2.24. The third kappa shape index (κ3) is 5.05. The first kappa shape index (κ1) is 14.3. The Kier molecular flexibility index (Phi) is 6.00. The Labute approximate surface area is 107 Å². The molecule has 0 saturated heterocycles. The van der Waals surface area contributed by atoms with Gasteiger partial charge in [0.25, 0.3) is 0 Å². The highest BCUT2D eigenvalue weighted by Gasteiger charge is 2.06. The number of methoxy groups -OCH3 is 1. The summed E-state index contributed by atoms with van der Waals surface area (Å²) in [6.07, 6.45) is 0. The molecule has 2 N–H and O–H groups in total. The van der Waals surface area contributed by atoms with E-state index in [4.69, 9.17) is 9.47 Å². The Bertz CT molecular complexity index is 365. The first-order valence-electron chi connectivity index (χ1n) is 5.95. The minimum atomic E-state index is -0.247. The van der Waals surface area contributed by atoms with Crippen molar-refractivity contribution >= 4 is 11.7 Å². The number of carbonyl (C=O) groups excluding carboxylic acids is 1. The third-order valence-electron chi connectivity index (χ3n) is 2.22. The fourth-order valence-corrected chi connectivity index (χ4v) is 1.48. The molecule has 0 unspecified atom stereocenters. The van der Waals surface area contributed by atoms with Crippen LogP contribution in [0.1, 0.15) is 13.8 Å². The second-order valence-electron chi connectivity index (χ2n) is 3.91. The zero-order valence-corrected chi connectivity index (χ0v) is 11.0. The van der Waals surface area contributed by atoms with E-state index in [9.17, 15) is 4.79 Å². The van der Waals surface area contributed by atoms with Crippen LogP contribution in [-0.2, 0) is 4.74 Å². The number of benzene rings is 1. The molecule has 0 heterocycles. The van der Waals surface area contributed by atoms with Gasteiger partial charge in [0.05, 0.1) is 19.3 Å². The van der Waals surface area contributed by atoms with Crippen molar-refractivity contribution in [1.82, 2.24) is 5.32 Å². The highest BCUT2D eigenvalue weighted by molar-refractivity contribution is 5.89. The van der Waals surface area contributed by atoms with E-state index in [1.54, 1.807) is 19.2 Å². The van der Waals surface area contributed by atoms with Gasteiger partial charge >= 0.3 is 6.03 Å². The van der Waals surface area contributed by atoms with Gasteiger partial charge in [-0.3, -0.25) is 0 Å². The molecule has 5 nitrogen and oxygen atoms in total. The summed E-state index contributed by atoms with van der Waals surface area (Å²) in [6.45, 7) is 4.91. The number of anilines is 1. The smallest absolute Gasteiger partial charge is 0.319 e. The average Bonchev–Trinajstić information content (AvgIpc) is 2.32. The Hall–Kier alpha value is -1.75. The lowest BCUT2D eigenvalue weighted by Gasteiger charge is -2.13. The molecule has 2 amide bonds. The Morgan fingerprint density at radius 2 is 2.00 bits per heavy atom. The van der Waals surface area contributed by atoms with Gasteiger partial charge in [0.15, 0.2) is 0 Å². The second-order valence-corrected chi connectivity index (χ2v) is 3.91. The van der Waals surface area contributed by atoms with E-state index in [2.05, 4.69) is 10.6 Å². The Balaban J connectivity index is 2.44. The van der Waals surface area contributed by atoms with Gasteiger partial charge in [-0.05, 0) is 38.1 Å². The predicted molar refractivity (Wildman–Crippen MR) is 71.1 cm³/mol. The van der Waals surface area contributed by atoms with Crippen molar-refractivity contribution < 1.29 is 14.3 Å². The first-order valence-corrected chi connectivity index (χ1v) is 5.95. The quantitative estimate of drug-likeness (QED) is 0.816. The van der Waals surface area contributed by atoms with E-state index in [0.717, 1.165) is 11.4 Å². The van der Waals surface area contributed by atoms with Gasteiger partial charge in [0.2, 0.25) is 0 Å². The minimum Gasteiger partial charge on any atom is -0.494 e. The molecule has 5 heteroatoms. The summed E-state index contributed by atoms with van der Waals surface area (Å²) in [5.74, 6) is 0.788. The molecule has 18 heavy (non-hydrogen) atoms. The highest BCUT2D eigenvalue weighted by Crippen LogP contribution is 2.15. The number of hydrogen-bond donors (Lipinski definition) is 2. The third-order valence-corrected chi connectivity index (χ3v) is 2.22.